The molecule has 0 aliphatic rings. The minimum absolute atomic E-state index is 0.349. The lowest BCUT2D eigenvalue weighted by Crippen LogP contribution is -2.03. The molecule has 0 heterocycles. The molecule has 0 aliphatic carbocycles. The predicted octanol–water partition coefficient (Wildman–Crippen LogP) is 7.61. The molecule has 7 heteroatoms. The van der Waals surface area contributed by atoms with Crippen LogP contribution in [0.3, 0.4) is 0 Å². The minimum Gasteiger partial charge on any atom is -0.493 e. The molecule has 0 bridgehead atoms. The highest BCUT2D eigenvalue weighted by Crippen LogP contribution is 2.35. The van der Waals surface area contributed by atoms with E-state index in [9.17, 15) is 0 Å². The van der Waals surface area contributed by atoms with Gasteiger partial charge in [0.05, 0.1) is 17.2 Å². The average molecular weight is 502 g/mol. The second-order valence-electron chi connectivity index (χ2n) is 5.99. The molecule has 0 unspecified atom stereocenters. The van der Waals surface area contributed by atoms with Crippen LogP contribution < -0.4 is 14.8 Å². The summed E-state index contributed by atoms with van der Waals surface area (Å²) in [6.07, 6.45) is 0. The van der Waals surface area contributed by atoms with E-state index in [2.05, 4.69) is 21.2 Å². The molecule has 28 heavy (non-hydrogen) atoms. The third kappa shape index (κ3) is 5.48. The highest BCUT2D eigenvalue weighted by molar-refractivity contribution is 9.10. The highest BCUT2D eigenvalue weighted by Gasteiger charge is 2.11. The molecule has 0 amide bonds. The van der Waals surface area contributed by atoms with Crippen LogP contribution in [0.25, 0.3) is 0 Å². The van der Waals surface area contributed by atoms with Gasteiger partial charge in [-0.05, 0) is 59.7 Å². The van der Waals surface area contributed by atoms with E-state index in [1.807, 2.05) is 42.5 Å². The van der Waals surface area contributed by atoms with Crippen LogP contribution in [0.1, 0.15) is 11.1 Å². The average Bonchev–Trinajstić information content (AvgIpc) is 2.69. The van der Waals surface area contributed by atoms with Crippen LogP contribution in [-0.4, -0.2) is 7.11 Å². The normalized spacial score (nSPS) is 10.6. The van der Waals surface area contributed by atoms with Gasteiger partial charge in [0, 0.05) is 21.7 Å². The molecule has 0 radical (unpaired) electrons. The Bertz CT molecular complexity index is 965. The van der Waals surface area contributed by atoms with Gasteiger partial charge in [-0.15, -0.1) is 0 Å². The maximum atomic E-state index is 6.06. The summed E-state index contributed by atoms with van der Waals surface area (Å²) in [6, 6.07) is 16.8. The SMILES string of the molecule is COc1cc(CNc2ccc(Cl)cc2)c(Br)cc1OCc1ccc(Cl)c(Cl)c1. The number of methoxy groups -OCH3 is 1. The predicted molar refractivity (Wildman–Crippen MR) is 120 cm³/mol. The Morgan fingerprint density at radius 3 is 2.32 bits per heavy atom. The molecule has 0 spiro atoms. The molecule has 0 atom stereocenters. The van der Waals surface area contributed by atoms with Crippen LogP contribution in [0.2, 0.25) is 15.1 Å². The fraction of sp³-hybridized carbons (Fsp3) is 0.143. The fourth-order valence-electron chi connectivity index (χ4n) is 2.54. The van der Waals surface area contributed by atoms with E-state index >= 15 is 0 Å². The van der Waals surface area contributed by atoms with Crippen molar-refractivity contribution in [2.24, 2.45) is 0 Å². The molecule has 0 fully saturated rings. The van der Waals surface area contributed by atoms with Gasteiger partial charge in [0.2, 0.25) is 0 Å². The Balaban J connectivity index is 1.71. The first-order valence-electron chi connectivity index (χ1n) is 8.39. The quantitative estimate of drug-likeness (QED) is 0.361. The fourth-order valence-corrected chi connectivity index (χ4v) is 3.45. The number of hydrogen-bond acceptors (Lipinski definition) is 3. The van der Waals surface area contributed by atoms with Crippen molar-refractivity contribution in [1.29, 1.82) is 0 Å². The van der Waals surface area contributed by atoms with E-state index in [1.165, 1.54) is 0 Å². The van der Waals surface area contributed by atoms with Crippen LogP contribution in [0, 0.1) is 0 Å². The molecule has 3 rings (SSSR count). The standard InChI is InChI=1S/C21H17BrCl3NO2/c1-27-20-9-14(11-26-16-5-3-15(23)4-6-16)17(22)10-21(20)28-12-13-2-7-18(24)19(25)8-13/h2-10,26H,11-12H2,1H3. The second-order valence-corrected chi connectivity index (χ2v) is 8.10. The summed E-state index contributed by atoms with van der Waals surface area (Å²) in [7, 11) is 1.62. The minimum atomic E-state index is 0.349. The van der Waals surface area contributed by atoms with Gasteiger partial charge >= 0.3 is 0 Å². The summed E-state index contributed by atoms with van der Waals surface area (Å²) in [5.41, 5.74) is 2.94. The van der Waals surface area contributed by atoms with Gasteiger partial charge in [0.25, 0.3) is 0 Å². The summed E-state index contributed by atoms with van der Waals surface area (Å²) >= 11 is 21.5. The lowest BCUT2D eigenvalue weighted by Gasteiger charge is -2.15. The molecule has 0 saturated heterocycles. The summed E-state index contributed by atoms with van der Waals surface area (Å²) in [5, 5.41) is 5.08. The molecule has 3 nitrogen and oxygen atoms in total. The monoisotopic (exact) mass is 499 g/mol. The number of ether oxygens (including phenoxy) is 2. The van der Waals surface area contributed by atoms with Crippen LogP contribution in [0.15, 0.2) is 59.1 Å². The van der Waals surface area contributed by atoms with E-state index in [-0.39, 0.29) is 0 Å². The molecule has 3 aromatic rings. The molecule has 1 N–H and O–H groups in total. The number of halogens is 4. The molecule has 0 aliphatic heterocycles. The summed E-state index contributed by atoms with van der Waals surface area (Å²) in [4.78, 5) is 0. The van der Waals surface area contributed by atoms with Crippen molar-refractivity contribution in [3.8, 4) is 11.5 Å². The molecule has 0 aromatic heterocycles. The van der Waals surface area contributed by atoms with Gasteiger partial charge in [-0.1, -0.05) is 56.8 Å². The van der Waals surface area contributed by atoms with E-state index in [4.69, 9.17) is 44.3 Å². The Kier molecular flexibility index (Phi) is 7.36. The van der Waals surface area contributed by atoms with Crippen molar-refractivity contribution in [3.63, 3.8) is 0 Å². The zero-order chi connectivity index (χ0) is 20.1. The van der Waals surface area contributed by atoms with Crippen molar-refractivity contribution < 1.29 is 9.47 Å². The molecular formula is C21H17BrCl3NO2. The Hall–Kier alpha value is -1.59. The topological polar surface area (TPSA) is 30.5 Å². The maximum absolute atomic E-state index is 6.06. The van der Waals surface area contributed by atoms with Gasteiger partial charge < -0.3 is 14.8 Å². The first kappa shape index (κ1) is 21.1. The molecule has 0 saturated carbocycles. The summed E-state index contributed by atoms with van der Waals surface area (Å²) in [6.45, 7) is 0.966. The maximum Gasteiger partial charge on any atom is 0.162 e. The van der Waals surface area contributed by atoms with Crippen molar-refractivity contribution in [2.75, 3.05) is 12.4 Å². The van der Waals surface area contributed by atoms with Crippen LogP contribution >= 0.6 is 50.7 Å². The van der Waals surface area contributed by atoms with E-state index in [0.717, 1.165) is 21.3 Å². The number of benzene rings is 3. The molecule has 146 valence electrons. The lowest BCUT2D eigenvalue weighted by molar-refractivity contribution is 0.284. The van der Waals surface area contributed by atoms with Gasteiger partial charge in [0.1, 0.15) is 6.61 Å². The van der Waals surface area contributed by atoms with Crippen LogP contribution in [0.4, 0.5) is 5.69 Å². The zero-order valence-electron chi connectivity index (χ0n) is 14.9. The number of nitrogens with one attached hydrogen (secondary N) is 1. The summed E-state index contributed by atoms with van der Waals surface area (Å²) < 4.78 is 12.3. The first-order valence-corrected chi connectivity index (χ1v) is 10.3. The van der Waals surface area contributed by atoms with Gasteiger partial charge in [0.15, 0.2) is 11.5 Å². The second kappa shape index (κ2) is 9.75. The lowest BCUT2D eigenvalue weighted by atomic mass is 10.2. The van der Waals surface area contributed by atoms with Crippen molar-refractivity contribution in [3.05, 3.63) is 85.3 Å². The zero-order valence-corrected chi connectivity index (χ0v) is 18.8. The third-order valence-electron chi connectivity index (χ3n) is 4.04. The van der Waals surface area contributed by atoms with Gasteiger partial charge in [-0.2, -0.15) is 0 Å². The van der Waals surface area contributed by atoms with Crippen molar-refractivity contribution in [1.82, 2.24) is 0 Å². The Labute approximate surface area is 187 Å². The van der Waals surface area contributed by atoms with Crippen molar-refractivity contribution in [2.45, 2.75) is 13.2 Å². The van der Waals surface area contributed by atoms with E-state index < -0.39 is 0 Å². The van der Waals surface area contributed by atoms with Crippen LogP contribution in [0.5, 0.6) is 11.5 Å². The Morgan fingerprint density at radius 2 is 1.64 bits per heavy atom. The van der Waals surface area contributed by atoms with Gasteiger partial charge in [-0.3, -0.25) is 0 Å². The molecule has 3 aromatic carbocycles. The smallest absolute Gasteiger partial charge is 0.162 e. The summed E-state index contributed by atoms with van der Waals surface area (Å²) in [5.74, 6) is 1.28. The highest BCUT2D eigenvalue weighted by atomic mass is 79.9. The van der Waals surface area contributed by atoms with E-state index in [0.29, 0.717) is 39.7 Å². The molecular weight excluding hydrogens is 484 g/mol. The number of hydrogen-bond donors (Lipinski definition) is 1. The third-order valence-corrected chi connectivity index (χ3v) is 5.77. The number of rotatable bonds is 7. The number of anilines is 1. The Morgan fingerprint density at radius 1 is 0.893 bits per heavy atom. The van der Waals surface area contributed by atoms with Crippen LogP contribution in [-0.2, 0) is 13.2 Å². The van der Waals surface area contributed by atoms with Crippen molar-refractivity contribution >= 4 is 56.4 Å². The van der Waals surface area contributed by atoms with E-state index in [1.54, 1.807) is 19.2 Å². The van der Waals surface area contributed by atoms with Gasteiger partial charge in [-0.25, -0.2) is 0 Å². The largest absolute Gasteiger partial charge is 0.493 e. The first-order chi connectivity index (χ1) is 13.5.